The number of hydrogen-bond acceptors (Lipinski definition) is 2. The minimum atomic E-state index is -0.0573. The van der Waals surface area contributed by atoms with E-state index in [2.05, 4.69) is 43.9 Å². The molecule has 2 nitrogen and oxygen atoms in total. The van der Waals surface area contributed by atoms with Gasteiger partial charge in [0.1, 0.15) is 6.04 Å². The SMILES string of the molecule is Cc1cc(C)c(C(C#N)N2CCCC2)c(C)c1. The van der Waals surface area contributed by atoms with Gasteiger partial charge in [-0.15, -0.1) is 0 Å². The summed E-state index contributed by atoms with van der Waals surface area (Å²) in [6.07, 6.45) is 2.45. The lowest BCUT2D eigenvalue weighted by Gasteiger charge is -2.25. The first-order valence-corrected chi connectivity index (χ1v) is 6.35. The predicted molar refractivity (Wildman–Crippen MR) is 69.8 cm³/mol. The van der Waals surface area contributed by atoms with Gasteiger partial charge in [0.05, 0.1) is 6.07 Å². The van der Waals surface area contributed by atoms with E-state index in [0.29, 0.717) is 0 Å². The first kappa shape index (κ1) is 12.1. The van der Waals surface area contributed by atoms with Crippen LogP contribution in [0.2, 0.25) is 0 Å². The third kappa shape index (κ3) is 2.35. The number of likely N-dealkylation sites (tertiary alicyclic amines) is 1. The molecule has 1 aliphatic rings. The quantitative estimate of drug-likeness (QED) is 0.776. The van der Waals surface area contributed by atoms with Gasteiger partial charge in [0, 0.05) is 0 Å². The summed E-state index contributed by atoms with van der Waals surface area (Å²) in [4.78, 5) is 2.31. The number of nitrogens with zero attached hydrogens (tertiary/aromatic N) is 2. The molecule has 2 rings (SSSR count). The Morgan fingerprint density at radius 2 is 1.65 bits per heavy atom. The van der Waals surface area contributed by atoms with Crippen LogP contribution < -0.4 is 0 Å². The van der Waals surface area contributed by atoms with Gasteiger partial charge in [-0.25, -0.2) is 0 Å². The number of benzene rings is 1. The Morgan fingerprint density at radius 3 is 2.12 bits per heavy atom. The molecule has 1 unspecified atom stereocenters. The monoisotopic (exact) mass is 228 g/mol. The highest BCUT2D eigenvalue weighted by Gasteiger charge is 2.25. The first-order chi connectivity index (χ1) is 8.13. The molecule has 1 aromatic carbocycles. The molecule has 0 aliphatic carbocycles. The molecule has 0 radical (unpaired) electrons. The summed E-state index contributed by atoms with van der Waals surface area (Å²) >= 11 is 0. The van der Waals surface area contributed by atoms with Crippen LogP contribution in [0.1, 0.15) is 41.1 Å². The molecule has 2 heteroatoms. The summed E-state index contributed by atoms with van der Waals surface area (Å²) in [5.41, 5.74) is 5.00. The lowest BCUT2D eigenvalue weighted by Crippen LogP contribution is -2.25. The Balaban J connectivity index is 2.40. The van der Waals surface area contributed by atoms with Gasteiger partial charge in [-0.1, -0.05) is 17.7 Å². The Bertz CT molecular complexity index is 427. The van der Waals surface area contributed by atoms with Crippen molar-refractivity contribution in [3.63, 3.8) is 0 Å². The fourth-order valence-corrected chi connectivity index (χ4v) is 2.95. The van der Waals surface area contributed by atoms with Gasteiger partial charge in [-0.3, -0.25) is 4.90 Å². The smallest absolute Gasteiger partial charge is 0.124 e. The van der Waals surface area contributed by atoms with E-state index in [1.54, 1.807) is 0 Å². The summed E-state index contributed by atoms with van der Waals surface area (Å²) in [6, 6.07) is 6.80. The zero-order valence-corrected chi connectivity index (χ0v) is 11.0. The molecular weight excluding hydrogens is 208 g/mol. The fourth-order valence-electron chi connectivity index (χ4n) is 2.95. The molecule has 0 amide bonds. The van der Waals surface area contributed by atoms with Gasteiger partial charge in [0.2, 0.25) is 0 Å². The van der Waals surface area contributed by atoms with Gasteiger partial charge >= 0.3 is 0 Å². The average Bonchev–Trinajstić information content (AvgIpc) is 2.76. The first-order valence-electron chi connectivity index (χ1n) is 6.35. The minimum absolute atomic E-state index is 0.0573. The third-order valence-corrected chi connectivity index (χ3v) is 3.64. The van der Waals surface area contributed by atoms with Crippen LogP contribution in [0, 0.1) is 32.1 Å². The van der Waals surface area contributed by atoms with Crippen LogP contribution >= 0.6 is 0 Å². The van der Waals surface area contributed by atoms with Gasteiger partial charge in [-0.2, -0.15) is 5.26 Å². The highest BCUT2D eigenvalue weighted by atomic mass is 15.2. The third-order valence-electron chi connectivity index (χ3n) is 3.64. The Kier molecular flexibility index (Phi) is 3.49. The van der Waals surface area contributed by atoms with E-state index < -0.39 is 0 Å². The molecule has 1 fully saturated rings. The van der Waals surface area contributed by atoms with E-state index >= 15 is 0 Å². The number of hydrogen-bond donors (Lipinski definition) is 0. The molecule has 1 saturated heterocycles. The van der Waals surface area contributed by atoms with Crippen LogP contribution in [0.4, 0.5) is 0 Å². The van der Waals surface area contributed by atoms with Gasteiger partial charge in [0.15, 0.2) is 0 Å². The Hall–Kier alpha value is -1.33. The van der Waals surface area contributed by atoms with Crippen molar-refractivity contribution in [2.24, 2.45) is 0 Å². The highest BCUT2D eigenvalue weighted by Crippen LogP contribution is 2.30. The second-order valence-electron chi connectivity index (χ2n) is 5.09. The Morgan fingerprint density at radius 1 is 1.12 bits per heavy atom. The average molecular weight is 228 g/mol. The van der Waals surface area contributed by atoms with E-state index in [1.807, 2.05) is 0 Å². The number of rotatable bonds is 2. The molecule has 17 heavy (non-hydrogen) atoms. The van der Waals surface area contributed by atoms with Crippen LogP contribution in [-0.2, 0) is 0 Å². The van der Waals surface area contributed by atoms with Gasteiger partial charge < -0.3 is 0 Å². The van der Waals surface area contributed by atoms with Crippen LogP contribution in [-0.4, -0.2) is 18.0 Å². The summed E-state index contributed by atoms with van der Waals surface area (Å²) < 4.78 is 0. The van der Waals surface area contributed by atoms with Crippen molar-refractivity contribution in [3.05, 3.63) is 34.4 Å². The molecule has 0 bridgehead atoms. The van der Waals surface area contributed by atoms with E-state index in [-0.39, 0.29) is 6.04 Å². The lowest BCUT2D eigenvalue weighted by molar-refractivity contribution is 0.293. The molecule has 1 aromatic rings. The van der Waals surface area contributed by atoms with Crippen molar-refractivity contribution in [1.82, 2.24) is 4.90 Å². The summed E-state index contributed by atoms with van der Waals surface area (Å²) in [7, 11) is 0. The molecule has 1 atom stereocenters. The normalized spacial score (nSPS) is 18.0. The second-order valence-corrected chi connectivity index (χ2v) is 5.09. The van der Waals surface area contributed by atoms with Crippen molar-refractivity contribution in [1.29, 1.82) is 5.26 Å². The molecule has 0 saturated carbocycles. The van der Waals surface area contributed by atoms with Crippen molar-refractivity contribution in [3.8, 4) is 6.07 Å². The van der Waals surface area contributed by atoms with Crippen molar-refractivity contribution >= 4 is 0 Å². The van der Waals surface area contributed by atoms with Crippen molar-refractivity contribution in [2.45, 2.75) is 39.7 Å². The molecule has 0 N–H and O–H groups in total. The van der Waals surface area contributed by atoms with Crippen LogP contribution in [0.25, 0.3) is 0 Å². The van der Waals surface area contributed by atoms with E-state index in [9.17, 15) is 5.26 Å². The van der Waals surface area contributed by atoms with Gasteiger partial charge in [0.25, 0.3) is 0 Å². The fraction of sp³-hybridized carbons (Fsp3) is 0.533. The van der Waals surface area contributed by atoms with Crippen molar-refractivity contribution < 1.29 is 0 Å². The minimum Gasteiger partial charge on any atom is -0.284 e. The molecule has 1 heterocycles. The zero-order valence-electron chi connectivity index (χ0n) is 11.0. The maximum absolute atomic E-state index is 9.47. The Labute approximate surface area is 104 Å². The van der Waals surface area contributed by atoms with E-state index in [1.165, 1.54) is 35.1 Å². The topological polar surface area (TPSA) is 27.0 Å². The standard InChI is InChI=1S/C15H20N2/c1-11-8-12(2)15(13(3)9-11)14(10-16)17-6-4-5-7-17/h8-9,14H,4-7H2,1-3H3. The number of aryl methyl sites for hydroxylation is 3. The van der Waals surface area contributed by atoms with Crippen LogP contribution in [0.5, 0.6) is 0 Å². The number of nitriles is 1. The van der Waals surface area contributed by atoms with Crippen molar-refractivity contribution in [2.75, 3.05) is 13.1 Å². The zero-order chi connectivity index (χ0) is 12.4. The largest absolute Gasteiger partial charge is 0.284 e. The maximum atomic E-state index is 9.47. The lowest BCUT2D eigenvalue weighted by atomic mass is 9.94. The molecule has 0 aromatic heterocycles. The van der Waals surface area contributed by atoms with E-state index in [4.69, 9.17) is 0 Å². The molecule has 0 spiro atoms. The molecular formula is C15H20N2. The summed E-state index contributed by atoms with van der Waals surface area (Å²) in [5.74, 6) is 0. The maximum Gasteiger partial charge on any atom is 0.124 e. The van der Waals surface area contributed by atoms with Gasteiger partial charge in [-0.05, 0) is 63.4 Å². The van der Waals surface area contributed by atoms with E-state index in [0.717, 1.165) is 13.1 Å². The predicted octanol–water partition coefficient (Wildman–Crippen LogP) is 3.27. The van der Waals surface area contributed by atoms with Crippen LogP contribution in [0.15, 0.2) is 12.1 Å². The molecule has 90 valence electrons. The summed E-state index contributed by atoms with van der Waals surface area (Å²) in [5, 5.41) is 9.47. The second kappa shape index (κ2) is 4.89. The molecule has 1 aliphatic heterocycles. The highest BCUT2D eigenvalue weighted by molar-refractivity contribution is 5.42. The van der Waals surface area contributed by atoms with Crippen LogP contribution in [0.3, 0.4) is 0 Å². The summed E-state index contributed by atoms with van der Waals surface area (Å²) in [6.45, 7) is 8.47.